The fraction of sp³-hybridized carbons (Fsp3) is 0.583. The van der Waals surface area contributed by atoms with Crippen LogP contribution < -0.4 is 5.73 Å². The largest absolute Gasteiger partial charge is 0.384 e. The van der Waals surface area contributed by atoms with Crippen LogP contribution in [0.4, 0.5) is 8.78 Å². The predicted molar refractivity (Wildman–Crippen MR) is 119 cm³/mol. The van der Waals surface area contributed by atoms with Gasteiger partial charge in [0, 0.05) is 18.2 Å². The van der Waals surface area contributed by atoms with Gasteiger partial charge in [-0.3, -0.25) is 4.99 Å². The number of benzene rings is 1. The molecule has 30 heavy (non-hydrogen) atoms. The van der Waals surface area contributed by atoms with Crippen LogP contribution in [0.25, 0.3) is 0 Å². The lowest BCUT2D eigenvalue weighted by atomic mass is 9.88. The molecule has 0 aromatic heterocycles. The molecule has 3 N–H and O–H groups in total. The van der Waals surface area contributed by atoms with Crippen LogP contribution >= 0.6 is 0 Å². The number of nitrogens with zero attached hydrogens (tertiary/aromatic N) is 2. The molecule has 0 radical (unpaired) electrons. The lowest BCUT2D eigenvalue weighted by Crippen LogP contribution is -2.37. The number of likely N-dealkylation sites (tertiary alicyclic amines) is 1. The average Bonchev–Trinajstić information content (AvgIpc) is 3.34. The normalized spacial score (nSPS) is 22.0. The van der Waals surface area contributed by atoms with Crippen LogP contribution in [0.2, 0.25) is 0 Å². The first kappa shape index (κ1) is 22.6. The van der Waals surface area contributed by atoms with Gasteiger partial charge in [0.2, 0.25) is 0 Å². The van der Waals surface area contributed by atoms with Crippen LogP contribution in [0.15, 0.2) is 35.3 Å². The Morgan fingerprint density at radius 2 is 1.83 bits per heavy atom. The lowest BCUT2D eigenvalue weighted by molar-refractivity contribution is 0.146. The molecule has 1 spiro atoms. The molecule has 1 atom stereocenters. The van der Waals surface area contributed by atoms with E-state index in [2.05, 4.69) is 30.7 Å². The summed E-state index contributed by atoms with van der Waals surface area (Å²) in [6.07, 6.45) is 7.90. The van der Waals surface area contributed by atoms with Gasteiger partial charge in [0.15, 0.2) is 0 Å². The first-order valence-corrected chi connectivity index (χ1v) is 10.8. The maximum absolute atomic E-state index is 13.3. The Kier molecular flexibility index (Phi) is 6.75. The number of piperidine rings is 1. The standard InChI is InChI=1S/C24H34F2N4/c1-23(2,3)6-9-30-10-7-24(8-11-30)15-18(24)16-29-22(28)5-4-21(27)17-12-19(25)14-20(26)13-17/h4-5,12-14,18,27H,6-11,15-16H2,1-3H3,(H2,28,29)/b5-4-,27-21?. The first-order chi connectivity index (χ1) is 14.1. The molecule has 1 aliphatic carbocycles. The molecule has 1 saturated carbocycles. The zero-order valence-corrected chi connectivity index (χ0v) is 18.3. The van der Waals surface area contributed by atoms with E-state index in [1.54, 1.807) is 0 Å². The predicted octanol–water partition coefficient (Wildman–Crippen LogP) is 4.78. The van der Waals surface area contributed by atoms with Crippen molar-refractivity contribution in [3.8, 4) is 0 Å². The van der Waals surface area contributed by atoms with Gasteiger partial charge in [0.25, 0.3) is 0 Å². The minimum absolute atomic E-state index is 0.00271. The summed E-state index contributed by atoms with van der Waals surface area (Å²) in [4.78, 5) is 7.06. The highest BCUT2D eigenvalue weighted by Gasteiger charge is 2.54. The van der Waals surface area contributed by atoms with Gasteiger partial charge < -0.3 is 16.0 Å². The summed E-state index contributed by atoms with van der Waals surface area (Å²) in [5.74, 6) is -0.464. The van der Waals surface area contributed by atoms with Crippen molar-refractivity contribution < 1.29 is 8.78 Å². The number of amidine groups is 1. The molecule has 1 heterocycles. The molecule has 2 aliphatic rings. The topological polar surface area (TPSA) is 65.5 Å². The summed E-state index contributed by atoms with van der Waals surface area (Å²) in [7, 11) is 0. The van der Waals surface area contributed by atoms with E-state index in [9.17, 15) is 8.78 Å². The summed E-state index contributed by atoms with van der Waals surface area (Å²) in [6, 6.07) is 3.05. The minimum atomic E-state index is -0.701. The molecule has 1 saturated heterocycles. The van der Waals surface area contributed by atoms with E-state index in [4.69, 9.17) is 11.1 Å². The minimum Gasteiger partial charge on any atom is -0.384 e. The Morgan fingerprint density at radius 1 is 1.20 bits per heavy atom. The Bertz CT molecular complexity index is 810. The molecule has 2 fully saturated rings. The van der Waals surface area contributed by atoms with Crippen molar-refractivity contribution in [2.24, 2.45) is 27.5 Å². The van der Waals surface area contributed by atoms with Crippen molar-refractivity contribution in [2.75, 3.05) is 26.2 Å². The maximum atomic E-state index is 13.3. The van der Waals surface area contributed by atoms with Gasteiger partial charge in [0.05, 0.1) is 5.71 Å². The molecule has 6 heteroatoms. The van der Waals surface area contributed by atoms with Gasteiger partial charge in [-0.25, -0.2) is 8.78 Å². The molecule has 1 unspecified atom stereocenters. The maximum Gasteiger partial charge on any atom is 0.126 e. The average molecular weight is 417 g/mol. The third-order valence-electron chi connectivity index (χ3n) is 6.48. The smallest absolute Gasteiger partial charge is 0.126 e. The van der Waals surface area contributed by atoms with Crippen LogP contribution in [-0.4, -0.2) is 42.6 Å². The highest BCUT2D eigenvalue weighted by Crippen LogP contribution is 2.59. The molecule has 1 aliphatic heterocycles. The zero-order chi connectivity index (χ0) is 21.9. The van der Waals surface area contributed by atoms with Crippen molar-refractivity contribution >= 4 is 11.5 Å². The van der Waals surface area contributed by atoms with E-state index in [1.165, 1.54) is 57.5 Å². The number of nitrogens with two attached hydrogens (primary N) is 1. The van der Waals surface area contributed by atoms with Crippen molar-refractivity contribution in [1.29, 1.82) is 5.41 Å². The Hall–Kier alpha value is -2.08. The quantitative estimate of drug-likeness (QED) is 0.496. The molecule has 1 aromatic carbocycles. The van der Waals surface area contributed by atoms with Crippen molar-refractivity contribution in [3.05, 3.63) is 47.5 Å². The number of halogens is 2. The first-order valence-electron chi connectivity index (χ1n) is 10.8. The SMILES string of the molecule is CC(C)(C)CCN1CCC2(CC1)CC2CN=C(N)/C=C\C(=N)c1cc(F)cc(F)c1. The summed E-state index contributed by atoms with van der Waals surface area (Å²) in [5.41, 5.74) is 6.97. The van der Waals surface area contributed by atoms with E-state index in [1.807, 2.05) is 0 Å². The summed E-state index contributed by atoms with van der Waals surface area (Å²) < 4.78 is 26.6. The number of nitrogens with one attached hydrogen (secondary N) is 1. The second kappa shape index (κ2) is 8.96. The van der Waals surface area contributed by atoms with E-state index < -0.39 is 11.6 Å². The molecule has 164 valence electrons. The van der Waals surface area contributed by atoms with Crippen LogP contribution in [-0.2, 0) is 0 Å². The van der Waals surface area contributed by atoms with Crippen LogP contribution in [0, 0.1) is 33.8 Å². The molecular formula is C24H34F2N4. The third-order valence-corrected chi connectivity index (χ3v) is 6.48. The second-order valence-electron chi connectivity index (χ2n) is 10.1. The van der Waals surface area contributed by atoms with Gasteiger partial charge in [-0.15, -0.1) is 0 Å². The van der Waals surface area contributed by atoms with Gasteiger partial charge >= 0.3 is 0 Å². The van der Waals surface area contributed by atoms with Gasteiger partial charge in [-0.05, 0) is 86.4 Å². The van der Waals surface area contributed by atoms with Crippen molar-refractivity contribution in [1.82, 2.24) is 4.90 Å². The molecule has 4 nitrogen and oxygen atoms in total. The number of allylic oxidation sites excluding steroid dienone is 1. The van der Waals surface area contributed by atoms with E-state index in [0.29, 0.717) is 29.1 Å². The summed E-state index contributed by atoms with van der Waals surface area (Å²) in [6.45, 7) is 11.1. The molecule has 3 rings (SSSR count). The molecular weight excluding hydrogens is 382 g/mol. The Morgan fingerprint density at radius 3 is 2.43 bits per heavy atom. The number of hydrogen-bond acceptors (Lipinski definition) is 3. The lowest BCUT2D eigenvalue weighted by Gasteiger charge is -2.34. The third kappa shape index (κ3) is 6.21. The van der Waals surface area contributed by atoms with E-state index in [-0.39, 0.29) is 11.3 Å². The highest BCUT2D eigenvalue weighted by atomic mass is 19.1. The van der Waals surface area contributed by atoms with Crippen LogP contribution in [0.3, 0.4) is 0 Å². The Balaban J connectivity index is 1.44. The van der Waals surface area contributed by atoms with E-state index >= 15 is 0 Å². The molecule has 1 aromatic rings. The van der Waals surface area contributed by atoms with Gasteiger partial charge in [-0.1, -0.05) is 20.8 Å². The summed E-state index contributed by atoms with van der Waals surface area (Å²) in [5, 5.41) is 7.96. The Labute approximate surface area is 178 Å². The van der Waals surface area contributed by atoms with Crippen molar-refractivity contribution in [3.63, 3.8) is 0 Å². The zero-order valence-electron chi connectivity index (χ0n) is 18.3. The summed E-state index contributed by atoms with van der Waals surface area (Å²) >= 11 is 0. The van der Waals surface area contributed by atoms with Gasteiger partial charge in [0.1, 0.15) is 17.5 Å². The monoisotopic (exact) mass is 416 g/mol. The molecule has 0 amide bonds. The number of rotatable bonds is 7. The fourth-order valence-corrected chi connectivity index (χ4v) is 4.26. The number of aliphatic imine (C=N–C) groups is 1. The highest BCUT2D eigenvalue weighted by molar-refractivity contribution is 6.09. The van der Waals surface area contributed by atoms with E-state index in [0.717, 1.165) is 18.2 Å². The van der Waals surface area contributed by atoms with Crippen LogP contribution in [0.5, 0.6) is 0 Å². The second-order valence-corrected chi connectivity index (χ2v) is 10.1. The molecule has 0 bridgehead atoms. The van der Waals surface area contributed by atoms with Gasteiger partial charge in [-0.2, -0.15) is 0 Å². The van der Waals surface area contributed by atoms with Crippen molar-refractivity contribution in [2.45, 2.75) is 46.5 Å². The number of hydrogen-bond donors (Lipinski definition) is 2. The fourth-order valence-electron chi connectivity index (χ4n) is 4.26. The van der Waals surface area contributed by atoms with Crippen LogP contribution in [0.1, 0.15) is 52.0 Å².